The Morgan fingerprint density at radius 1 is 0.455 bits per heavy atom. The number of hydrogen-bond acceptors (Lipinski definition) is 18. The van der Waals surface area contributed by atoms with Crippen LogP contribution in [0.3, 0.4) is 0 Å². The second-order valence-electron chi connectivity index (χ2n) is 20.5. The van der Waals surface area contributed by atoms with Crippen LogP contribution in [-0.2, 0) is 75.2 Å². The first-order valence-electron chi connectivity index (χ1n) is 28.3. The van der Waals surface area contributed by atoms with Crippen molar-refractivity contribution < 1.29 is 72.5 Å². The Bertz CT molecular complexity index is 2720. The molecule has 88 heavy (non-hydrogen) atoms. The highest BCUT2D eigenvalue weighted by Crippen LogP contribution is 2.08. The maximum absolute atomic E-state index is 13.7. The van der Waals surface area contributed by atoms with Crippen molar-refractivity contribution in [3.63, 3.8) is 0 Å². The summed E-state index contributed by atoms with van der Waals surface area (Å²) < 4.78 is 0. The number of aliphatic imine (C=N–C) groups is 1. The second kappa shape index (κ2) is 39.4. The highest BCUT2D eigenvalue weighted by atomic mass is 16.3. The summed E-state index contributed by atoms with van der Waals surface area (Å²) in [6, 6.07) is 3.96. The van der Waals surface area contributed by atoms with Gasteiger partial charge in [0, 0.05) is 13.0 Å². The van der Waals surface area contributed by atoms with E-state index >= 15 is 0 Å². The average molecular weight is 1240 g/mol. The Morgan fingerprint density at radius 3 is 1.41 bits per heavy atom. The number of nitrogens with one attached hydrogen (secondary N) is 12. The number of unbranched alkanes of at least 4 members (excludes halogenated alkanes) is 1. The third-order valence-electron chi connectivity index (χ3n) is 13.0. The number of rotatable bonds is 39. The number of amides is 13. The topological polar surface area (TPSA) is 549 Å². The first kappa shape index (κ1) is 74.8. The molecular formula is C55H86N18O15. The molecule has 2 aromatic carbocycles. The van der Waals surface area contributed by atoms with Crippen molar-refractivity contribution in [2.24, 2.45) is 33.7 Å². The molecular weight excluding hydrogens is 1150 g/mol. The van der Waals surface area contributed by atoms with Crippen molar-refractivity contribution in [1.82, 2.24) is 63.8 Å². The Labute approximate surface area is 508 Å². The fraction of sp³-hybridized carbons (Fsp3) is 0.527. The number of nitrogens with two attached hydrogens (primary N) is 5. The number of nitrogens with zero attached hydrogens (tertiary/aromatic N) is 1. The monoisotopic (exact) mass is 1240 g/mol. The molecule has 33 heteroatoms. The highest BCUT2D eigenvalue weighted by molar-refractivity contribution is 5.98. The van der Waals surface area contributed by atoms with Gasteiger partial charge in [-0.2, -0.15) is 0 Å². The van der Waals surface area contributed by atoms with Crippen LogP contribution in [0.15, 0.2) is 65.7 Å². The lowest BCUT2D eigenvalue weighted by Crippen LogP contribution is -2.59. The van der Waals surface area contributed by atoms with E-state index < -0.39 is 170 Å². The molecule has 0 radical (unpaired) electrons. The van der Waals surface area contributed by atoms with E-state index in [9.17, 15) is 72.5 Å². The van der Waals surface area contributed by atoms with Crippen LogP contribution in [0.1, 0.15) is 77.8 Å². The van der Waals surface area contributed by atoms with Gasteiger partial charge in [-0.05, 0) is 90.8 Å². The zero-order valence-electron chi connectivity index (χ0n) is 49.9. The largest absolute Gasteiger partial charge is 0.394 e. The van der Waals surface area contributed by atoms with Gasteiger partial charge in [0.2, 0.25) is 76.8 Å². The third-order valence-corrected chi connectivity index (χ3v) is 13.0. The molecule has 0 fully saturated rings. The predicted octanol–water partition coefficient (Wildman–Crippen LogP) is -8.37. The third kappa shape index (κ3) is 28.7. The van der Waals surface area contributed by atoms with Crippen LogP contribution in [0.4, 0.5) is 0 Å². The Hall–Kier alpha value is -9.34. The summed E-state index contributed by atoms with van der Waals surface area (Å²) in [5.41, 5.74) is 29.1. The zero-order valence-corrected chi connectivity index (χ0v) is 49.9. The van der Waals surface area contributed by atoms with Crippen LogP contribution in [0.2, 0.25) is 0 Å². The highest BCUT2D eigenvalue weighted by Gasteiger charge is 2.33. The van der Waals surface area contributed by atoms with Crippen LogP contribution in [0.5, 0.6) is 0 Å². The minimum Gasteiger partial charge on any atom is -0.394 e. The van der Waals surface area contributed by atoms with Crippen molar-refractivity contribution in [1.29, 1.82) is 0 Å². The maximum atomic E-state index is 13.7. The van der Waals surface area contributed by atoms with E-state index in [2.05, 4.69) is 68.8 Å². The standard InChI is InChI=1S/C55H86N18O15/c1-29(46(80)66-30(2)47(81)67-31(3)49(83)72-40(28-74)53(87)68-32(4)48(82)71-38(20-14-22-61-55(59)60)51(85)70-37(45(58)79)19-12-13-21-56)65-42(77)27-64-54(88)44(33(5)75)73-52(86)39(24-35-17-10-7-11-18-35)69-43(78)26-62-41(76)25-63-50(84)36(57)23-34-15-8-6-9-16-34/h6-11,15-18,29-33,36-40,44,74-75H,12-14,19-28,56-57H2,1-5H3,(H2,58,79)(H,62,76)(H,63,84)(H,64,88)(H,65,77)(H,66,80)(H,67,81)(H,68,87)(H,69,78)(H,70,85)(H,71,82)(H,72,83)(H,73,86)(H4,59,60,61)/t29-,30-,31-,32-,33+,36-,37-,38-,39-,40-,44-/m0/s1. The first-order chi connectivity index (χ1) is 41.6. The molecule has 0 spiro atoms. The quantitative estimate of drug-likeness (QED) is 0.0168. The van der Waals surface area contributed by atoms with Gasteiger partial charge in [0.25, 0.3) is 0 Å². The second-order valence-corrected chi connectivity index (χ2v) is 20.5. The van der Waals surface area contributed by atoms with E-state index in [-0.39, 0.29) is 44.6 Å². The van der Waals surface area contributed by atoms with E-state index in [0.717, 1.165) is 5.56 Å². The van der Waals surface area contributed by atoms with Gasteiger partial charge >= 0.3 is 0 Å². The average Bonchev–Trinajstić information content (AvgIpc) is 3.62. The van der Waals surface area contributed by atoms with E-state index in [1.807, 2.05) is 6.07 Å². The van der Waals surface area contributed by atoms with E-state index in [1.54, 1.807) is 54.6 Å². The summed E-state index contributed by atoms with van der Waals surface area (Å²) in [6.07, 6.45) is -0.0546. The van der Waals surface area contributed by atoms with Gasteiger partial charge in [-0.3, -0.25) is 67.3 Å². The van der Waals surface area contributed by atoms with Crippen LogP contribution >= 0.6 is 0 Å². The van der Waals surface area contributed by atoms with Crippen molar-refractivity contribution in [3.05, 3.63) is 71.8 Å². The molecule has 0 aliphatic heterocycles. The van der Waals surface area contributed by atoms with Gasteiger partial charge in [-0.1, -0.05) is 60.7 Å². The lowest BCUT2D eigenvalue weighted by atomic mass is 10.0. The molecule has 24 N–H and O–H groups in total. The Morgan fingerprint density at radius 2 is 0.886 bits per heavy atom. The van der Waals surface area contributed by atoms with Crippen LogP contribution < -0.4 is 92.5 Å². The van der Waals surface area contributed by atoms with E-state index in [0.29, 0.717) is 24.9 Å². The van der Waals surface area contributed by atoms with Crippen LogP contribution in [0, 0.1) is 0 Å². The van der Waals surface area contributed by atoms with Crippen molar-refractivity contribution in [2.75, 3.05) is 39.3 Å². The smallest absolute Gasteiger partial charge is 0.245 e. The Kier molecular flexibility index (Phi) is 33.5. The number of aliphatic hydroxyl groups excluding tert-OH is 2. The van der Waals surface area contributed by atoms with E-state index in [1.165, 1.54) is 34.6 Å². The van der Waals surface area contributed by atoms with Crippen LogP contribution in [-0.4, -0.2) is 199 Å². The molecule has 0 saturated carbocycles. The van der Waals surface area contributed by atoms with Crippen molar-refractivity contribution in [3.8, 4) is 0 Å². The number of benzene rings is 2. The molecule has 33 nitrogen and oxygen atoms in total. The van der Waals surface area contributed by atoms with Gasteiger partial charge in [0.1, 0.15) is 54.4 Å². The summed E-state index contributed by atoms with van der Waals surface area (Å²) >= 11 is 0. The fourth-order valence-corrected chi connectivity index (χ4v) is 7.90. The minimum absolute atomic E-state index is 0.0155. The molecule has 0 bridgehead atoms. The first-order valence-corrected chi connectivity index (χ1v) is 28.3. The molecule has 0 unspecified atom stereocenters. The molecule has 0 aliphatic carbocycles. The van der Waals surface area contributed by atoms with Gasteiger partial charge in [-0.15, -0.1) is 0 Å². The van der Waals surface area contributed by atoms with Gasteiger partial charge in [0.05, 0.1) is 38.4 Å². The van der Waals surface area contributed by atoms with Gasteiger partial charge < -0.3 is 103 Å². The summed E-state index contributed by atoms with van der Waals surface area (Å²) in [5, 5.41) is 48.9. The fourth-order valence-electron chi connectivity index (χ4n) is 7.90. The molecule has 2 aromatic rings. The molecule has 0 aromatic heterocycles. The van der Waals surface area contributed by atoms with E-state index in [4.69, 9.17) is 28.7 Å². The molecule has 0 aliphatic rings. The molecule has 486 valence electrons. The molecule has 2 rings (SSSR count). The predicted molar refractivity (Wildman–Crippen MR) is 318 cm³/mol. The molecule has 13 amide bonds. The van der Waals surface area contributed by atoms with Crippen molar-refractivity contribution in [2.45, 2.75) is 146 Å². The maximum Gasteiger partial charge on any atom is 0.245 e. The number of hydrogen-bond donors (Lipinski definition) is 19. The Balaban J connectivity index is 1.93. The number of carbonyl (C=O) groups is 13. The zero-order chi connectivity index (χ0) is 66.0. The number of carbonyl (C=O) groups excluding carboxylic acids is 13. The normalized spacial score (nSPS) is 14.6. The molecule has 0 heterocycles. The summed E-state index contributed by atoms with van der Waals surface area (Å²) in [4.78, 5) is 173. The lowest BCUT2D eigenvalue weighted by molar-refractivity contribution is -0.135. The summed E-state index contributed by atoms with van der Waals surface area (Å²) in [5.74, 6) is -11.6. The number of aliphatic hydroxyl groups is 2. The number of primary amides is 1. The number of guanidine groups is 1. The minimum atomic E-state index is -1.68. The van der Waals surface area contributed by atoms with Crippen LogP contribution in [0.25, 0.3) is 0 Å². The summed E-state index contributed by atoms with van der Waals surface area (Å²) in [6.45, 7) is 3.69. The lowest BCUT2D eigenvalue weighted by Gasteiger charge is -2.25. The van der Waals surface area contributed by atoms with Gasteiger partial charge in [0.15, 0.2) is 5.96 Å². The summed E-state index contributed by atoms with van der Waals surface area (Å²) in [7, 11) is 0. The van der Waals surface area contributed by atoms with Gasteiger partial charge in [-0.25, -0.2) is 0 Å². The molecule has 0 saturated heterocycles. The van der Waals surface area contributed by atoms with Crippen molar-refractivity contribution >= 4 is 82.8 Å². The molecule has 11 atom stereocenters. The SMILES string of the molecule is C[C@H](NC(=O)CNC(=O)[C@@H](NC(=O)[C@H](Cc1ccccc1)NC(=O)CNC(=O)CNC(=O)[C@@H](N)Cc1ccccc1)[C@@H](C)O)C(=O)N[C@@H](C)C(=O)N[C@@H](C)C(=O)N[C@@H](CO)C(=O)N[C@@H](C)C(=O)N[C@@H](CCCN=C(N)N)C(=O)N[C@@H](CCCCN)C(N)=O.